The van der Waals surface area contributed by atoms with Crippen LogP contribution in [0.2, 0.25) is 0 Å². The van der Waals surface area contributed by atoms with Crippen LogP contribution in [0.5, 0.6) is 0 Å². The highest BCUT2D eigenvalue weighted by Gasteiger charge is 2.26. The number of anilines is 3. The molecule has 0 amide bonds. The van der Waals surface area contributed by atoms with E-state index in [2.05, 4.69) is 30.9 Å². The second kappa shape index (κ2) is 7.28. The van der Waals surface area contributed by atoms with Crippen LogP contribution in [0.25, 0.3) is 0 Å². The number of hydrogen-bond acceptors (Lipinski definition) is 6. The van der Waals surface area contributed by atoms with Gasteiger partial charge in [-0.3, -0.25) is 0 Å². The molecule has 0 spiro atoms. The van der Waals surface area contributed by atoms with Crippen molar-refractivity contribution in [2.75, 3.05) is 16.0 Å². The van der Waals surface area contributed by atoms with Crippen molar-refractivity contribution in [2.45, 2.75) is 11.7 Å². The van der Waals surface area contributed by atoms with Gasteiger partial charge in [-0.15, -0.1) is 0 Å². The number of halogens is 9. The Labute approximate surface area is 164 Å². The van der Waals surface area contributed by atoms with Crippen molar-refractivity contribution < 1.29 is 0 Å². The zero-order valence-electron chi connectivity index (χ0n) is 9.24. The van der Waals surface area contributed by atoms with Gasteiger partial charge in [-0.05, 0) is 0 Å². The fourth-order valence-corrected chi connectivity index (χ4v) is 1.68. The van der Waals surface area contributed by atoms with Crippen molar-refractivity contribution in [2.24, 2.45) is 0 Å². The Morgan fingerprint density at radius 2 is 0.667 bits per heavy atom. The maximum absolute atomic E-state index is 5.56. The monoisotopic (exact) mass is 474 g/mol. The second-order valence-electron chi connectivity index (χ2n) is 3.17. The fraction of sp³-hybridized carbons (Fsp3) is 0.500. The lowest BCUT2D eigenvalue weighted by atomic mass is 10.8. The summed E-state index contributed by atoms with van der Waals surface area (Å²) in [5.41, 5.74) is 0. The minimum atomic E-state index is -1.89. The smallest absolute Gasteiger partial charge is 0.268 e. The minimum absolute atomic E-state index is 0.182. The molecule has 0 bridgehead atoms. The highest BCUT2D eigenvalue weighted by atomic mass is 35.6. The first-order chi connectivity index (χ1) is 9.23. The van der Waals surface area contributed by atoms with Crippen LogP contribution in [0.1, 0.15) is 0 Å². The van der Waals surface area contributed by atoms with Crippen LogP contribution in [-0.4, -0.2) is 26.7 Å². The summed E-state index contributed by atoms with van der Waals surface area (Å²) < 4.78 is -5.68. The van der Waals surface area contributed by atoms with E-state index >= 15 is 0 Å². The Balaban J connectivity index is 3.13. The van der Waals surface area contributed by atoms with E-state index in [1.54, 1.807) is 0 Å². The largest absolute Gasteiger partial charge is 0.310 e. The zero-order valence-corrected chi connectivity index (χ0v) is 16.0. The van der Waals surface area contributed by atoms with Gasteiger partial charge in [0, 0.05) is 0 Å². The van der Waals surface area contributed by atoms with E-state index in [9.17, 15) is 0 Å². The Bertz CT molecular complexity index is 407. The van der Waals surface area contributed by atoms with Gasteiger partial charge in [-0.1, -0.05) is 104 Å². The Morgan fingerprint density at radius 3 is 0.810 bits per heavy atom. The first-order valence-corrected chi connectivity index (χ1v) is 7.94. The first kappa shape index (κ1) is 20.1. The van der Waals surface area contributed by atoms with E-state index in [1.807, 2.05) is 0 Å². The second-order valence-corrected chi connectivity index (χ2v) is 10.0. The molecule has 0 saturated carbocycles. The van der Waals surface area contributed by atoms with Crippen molar-refractivity contribution in [3.8, 4) is 0 Å². The maximum atomic E-state index is 5.56. The average Bonchev–Trinajstić information content (AvgIpc) is 2.06. The van der Waals surface area contributed by atoms with Crippen LogP contribution >= 0.6 is 104 Å². The molecule has 0 aromatic carbocycles. The van der Waals surface area contributed by atoms with Gasteiger partial charge in [0.25, 0.3) is 11.7 Å². The van der Waals surface area contributed by atoms with E-state index in [1.165, 1.54) is 0 Å². The molecule has 15 heteroatoms. The summed E-state index contributed by atoms with van der Waals surface area (Å²) in [6.07, 6.45) is 0. The number of alkyl halides is 9. The number of aromatic nitrogens is 3. The van der Waals surface area contributed by atoms with E-state index in [0.29, 0.717) is 0 Å². The molecule has 0 atom stereocenters. The minimum Gasteiger partial charge on any atom is -0.310 e. The highest BCUT2D eigenvalue weighted by molar-refractivity contribution is 6.69. The third-order valence-corrected chi connectivity index (χ3v) is 2.25. The molecular formula is C6H3Cl9N6. The standard InChI is InChI=1S/C6H3Cl9N6/c7-4(8,9)19-1-16-2(20-5(10,11)12)18-3(17-1)21-6(13,14)15/h(H3,16,17,18,19,20,21). The Kier molecular flexibility index (Phi) is 6.96. The van der Waals surface area contributed by atoms with Crippen LogP contribution in [0.4, 0.5) is 17.8 Å². The van der Waals surface area contributed by atoms with E-state index in [-0.39, 0.29) is 17.8 Å². The van der Waals surface area contributed by atoms with Crippen molar-refractivity contribution in [1.29, 1.82) is 0 Å². The van der Waals surface area contributed by atoms with E-state index in [0.717, 1.165) is 0 Å². The zero-order chi connectivity index (χ0) is 16.5. The van der Waals surface area contributed by atoms with E-state index < -0.39 is 11.7 Å². The molecule has 0 saturated heterocycles. The highest BCUT2D eigenvalue weighted by Crippen LogP contribution is 2.31. The molecule has 6 nitrogen and oxygen atoms in total. The molecule has 1 aromatic heterocycles. The molecule has 1 rings (SSSR count). The summed E-state index contributed by atoms with van der Waals surface area (Å²) in [5, 5.41) is 6.99. The van der Waals surface area contributed by atoms with Crippen molar-refractivity contribution in [3.63, 3.8) is 0 Å². The quantitative estimate of drug-likeness (QED) is 0.415. The fourth-order valence-electron chi connectivity index (χ4n) is 0.924. The Hall–Kier alpha value is 1.02. The predicted molar refractivity (Wildman–Crippen MR) is 91.6 cm³/mol. The first-order valence-electron chi connectivity index (χ1n) is 4.54. The third-order valence-electron chi connectivity index (χ3n) is 1.40. The van der Waals surface area contributed by atoms with Gasteiger partial charge in [0.15, 0.2) is 0 Å². The summed E-state index contributed by atoms with van der Waals surface area (Å²) >= 11 is 50.0. The molecule has 0 unspecified atom stereocenters. The molecule has 0 radical (unpaired) electrons. The van der Waals surface area contributed by atoms with Gasteiger partial charge >= 0.3 is 0 Å². The van der Waals surface area contributed by atoms with Crippen LogP contribution < -0.4 is 16.0 Å². The summed E-state index contributed by atoms with van der Waals surface area (Å²) in [6.45, 7) is 0. The average molecular weight is 478 g/mol. The topological polar surface area (TPSA) is 74.8 Å². The summed E-state index contributed by atoms with van der Waals surface area (Å²) in [4.78, 5) is 11.4. The number of nitrogens with zero attached hydrogens (tertiary/aromatic N) is 3. The van der Waals surface area contributed by atoms with Gasteiger partial charge in [-0.25, -0.2) is 0 Å². The molecule has 0 aliphatic rings. The molecule has 1 heterocycles. The van der Waals surface area contributed by atoms with Crippen molar-refractivity contribution >= 4 is 122 Å². The molecule has 3 N–H and O–H groups in total. The van der Waals surface area contributed by atoms with Gasteiger partial charge in [-0.2, -0.15) is 15.0 Å². The summed E-state index contributed by atoms with van der Waals surface area (Å²) in [6, 6.07) is 0. The van der Waals surface area contributed by atoms with Gasteiger partial charge in [0.2, 0.25) is 17.8 Å². The van der Waals surface area contributed by atoms with Crippen molar-refractivity contribution in [1.82, 2.24) is 15.0 Å². The number of hydrogen-bond donors (Lipinski definition) is 3. The SMILES string of the molecule is ClC(Cl)(Cl)Nc1nc(NC(Cl)(Cl)Cl)nc(NC(Cl)(Cl)Cl)n1. The van der Waals surface area contributed by atoms with Gasteiger partial charge < -0.3 is 16.0 Å². The molecule has 0 aliphatic heterocycles. The van der Waals surface area contributed by atoms with Gasteiger partial charge in [0.1, 0.15) is 0 Å². The third kappa shape index (κ3) is 9.69. The lowest BCUT2D eigenvalue weighted by molar-refractivity contribution is 0.988. The van der Waals surface area contributed by atoms with Gasteiger partial charge in [0.05, 0.1) is 0 Å². The maximum Gasteiger partial charge on any atom is 0.268 e. The molecule has 0 aliphatic carbocycles. The molecule has 21 heavy (non-hydrogen) atoms. The van der Waals surface area contributed by atoms with E-state index in [4.69, 9.17) is 104 Å². The lowest BCUT2D eigenvalue weighted by Gasteiger charge is -2.18. The van der Waals surface area contributed by atoms with Crippen LogP contribution in [0.15, 0.2) is 0 Å². The molecule has 120 valence electrons. The van der Waals surface area contributed by atoms with Crippen LogP contribution in [-0.2, 0) is 0 Å². The van der Waals surface area contributed by atoms with Crippen LogP contribution in [0.3, 0.4) is 0 Å². The van der Waals surface area contributed by atoms with Crippen molar-refractivity contribution in [3.05, 3.63) is 0 Å². The molecular weight excluding hydrogens is 475 g/mol. The summed E-state index contributed by atoms with van der Waals surface area (Å²) in [7, 11) is 0. The lowest BCUT2D eigenvalue weighted by Crippen LogP contribution is -2.25. The molecule has 1 aromatic rings. The normalized spacial score (nSPS) is 13.0. The Morgan fingerprint density at radius 1 is 0.476 bits per heavy atom. The molecule has 0 fully saturated rings. The van der Waals surface area contributed by atoms with Crippen LogP contribution in [0, 0.1) is 0 Å². The summed E-state index contributed by atoms with van der Waals surface area (Å²) in [5.74, 6) is -0.546. The number of nitrogens with one attached hydrogen (secondary N) is 3. The number of rotatable bonds is 3. The predicted octanol–water partition coefficient (Wildman–Crippen LogP) is 5.09.